The van der Waals surface area contributed by atoms with Crippen molar-refractivity contribution in [2.45, 2.75) is 92.6 Å². The molecule has 1 amide bonds. The van der Waals surface area contributed by atoms with Crippen molar-refractivity contribution in [1.82, 2.24) is 19.9 Å². The van der Waals surface area contributed by atoms with Crippen LogP contribution in [-0.4, -0.2) is 63.6 Å². The number of hydrogen-bond donors (Lipinski definition) is 2. The Hall–Kier alpha value is -4.67. The zero-order valence-corrected chi connectivity index (χ0v) is 29.5. The number of amides is 1. The Morgan fingerprint density at radius 1 is 1.04 bits per heavy atom. The molecule has 3 heterocycles. The minimum absolute atomic E-state index is 0.0542. The fourth-order valence-corrected chi connectivity index (χ4v) is 5.63. The maximum absolute atomic E-state index is 13.1. The molecule has 1 atom stereocenters. The Morgan fingerprint density at radius 2 is 1.73 bits per heavy atom. The molecule has 0 radical (unpaired) electrons. The second-order valence-electron chi connectivity index (χ2n) is 13.2. The number of ether oxygens (including phenoxy) is 2. The Morgan fingerprint density at radius 3 is 2.38 bits per heavy atom. The Balaban J connectivity index is 1.40. The summed E-state index contributed by atoms with van der Waals surface area (Å²) < 4.78 is 13.2. The summed E-state index contributed by atoms with van der Waals surface area (Å²) in [6.07, 6.45) is 8.08. The van der Waals surface area contributed by atoms with Gasteiger partial charge in [-0.2, -0.15) is 0 Å². The van der Waals surface area contributed by atoms with E-state index in [-0.39, 0.29) is 13.2 Å². The highest BCUT2D eigenvalue weighted by Gasteiger charge is 2.29. The molecule has 11 heteroatoms. The van der Waals surface area contributed by atoms with E-state index in [0.717, 1.165) is 55.0 Å². The highest BCUT2D eigenvalue weighted by molar-refractivity contribution is 5.97. The summed E-state index contributed by atoms with van der Waals surface area (Å²) in [4.78, 5) is 42.2. The minimum atomic E-state index is -1.01. The number of carbonyl (C=O) groups excluding carboxylic acids is 2. The minimum Gasteiger partial charge on any atom is -0.458 e. The van der Waals surface area contributed by atoms with Gasteiger partial charge in [-0.25, -0.2) is 19.6 Å². The highest BCUT2D eigenvalue weighted by Crippen LogP contribution is 2.28. The summed E-state index contributed by atoms with van der Waals surface area (Å²) in [7, 11) is 0. The van der Waals surface area contributed by atoms with Crippen molar-refractivity contribution < 1.29 is 19.1 Å². The van der Waals surface area contributed by atoms with Gasteiger partial charge in [0.2, 0.25) is 0 Å². The number of rotatable bonds is 13. The molecule has 1 unspecified atom stereocenters. The molecule has 2 N–H and O–H groups in total. The monoisotopic (exact) mass is 657 g/mol. The van der Waals surface area contributed by atoms with Crippen LogP contribution in [0.5, 0.6) is 0 Å². The van der Waals surface area contributed by atoms with Crippen LogP contribution in [0.4, 0.5) is 16.4 Å². The summed E-state index contributed by atoms with van der Waals surface area (Å²) in [5.74, 6) is 1.22. The summed E-state index contributed by atoms with van der Waals surface area (Å²) in [6, 6.07) is 12.6. The normalized spacial score (nSPS) is 15.0. The smallest absolute Gasteiger partial charge is 0.408 e. The van der Waals surface area contributed by atoms with Crippen LogP contribution in [0.1, 0.15) is 69.5 Å². The number of piperidine rings is 1. The fraction of sp³-hybridized carbons (Fsp3) is 0.486. The molecule has 2 aromatic heterocycles. The molecule has 11 nitrogen and oxygen atoms in total. The van der Waals surface area contributed by atoms with Gasteiger partial charge in [-0.05, 0) is 84.6 Å². The van der Waals surface area contributed by atoms with Gasteiger partial charge in [-0.15, -0.1) is 0 Å². The second kappa shape index (κ2) is 16.9. The molecule has 1 aliphatic rings. The van der Waals surface area contributed by atoms with E-state index < -0.39 is 23.7 Å². The van der Waals surface area contributed by atoms with Gasteiger partial charge < -0.3 is 29.6 Å². The zero-order valence-electron chi connectivity index (χ0n) is 29.5. The Kier molecular flexibility index (Phi) is 12.8. The van der Waals surface area contributed by atoms with Crippen molar-refractivity contribution in [1.29, 1.82) is 0 Å². The quantitative estimate of drug-likeness (QED) is 0.157. The first-order chi connectivity index (χ1) is 22.9. The Labute approximate surface area is 284 Å². The van der Waals surface area contributed by atoms with Gasteiger partial charge in [-0.3, -0.25) is 4.99 Å². The number of nitrogens with zero attached hydrogens (tertiary/aromatic N) is 5. The molecule has 1 aliphatic heterocycles. The van der Waals surface area contributed by atoms with E-state index in [2.05, 4.69) is 75.1 Å². The lowest BCUT2D eigenvalue weighted by atomic mass is 9.91. The van der Waals surface area contributed by atoms with E-state index in [9.17, 15) is 9.59 Å². The number of carbonyl (C=O) groups is 2. The van der Waals surface area contributed by atoms with E-state index in [1.54, 1.807) is 20.8 Å². The van der Waals surface area contributed by atoms with Crippen LogP contribution in [0.2, 0.25) is 0 Å². The number of hydrogen-bond acceptors (Lipinski definition) is 9. The molecule has 48 heavy (non-hydrogen) atoms. The SMILES string of the molecule is CC/C=C\C(=NCn1c(C)ccc1C)C1CCN(c2ncnc(NCC(NC(=O)OCc3ccccc3)C(=O)OC(C)(C)C)c2C)CC1. The van der Waals surface area contributed by atoms with Gasteiger partial charge in [-0.1, -0.05) is 43.3 Å². The predicted octanol–water partition coefficient (Wildman–Crippen LogP) is 6.53. The maximum atomic E-state index is 13.1. The Bertz CT molecular complexity index is 1550. The van der Waals surface area contributed by atoms with Gasteiger partial charge in [0.1, 0.15) is 42.9 Å². The standard InChI is InChI=1S/C37H51N7O4/c1-8-9-15-31(41-25-44-26(2)16-17-27(44)3)30-18-20-43(21-19-30)34-28(4)33(39-24-40-34)38-22-32(35(45)48-37(5,6)7)42-36(46)47-23-29-13-11-10-12-14-29/h9-17,24,30,32H,8,18-23,25H2,1-7H3,(H,42,46)(H,38,39,40)/b15-9-,41-31?. The molecule has 3 aromatic rings. The summed E-state index contributed by atoms with van der Waals surface area (Å²) in [6.45, 7) is 16.1. The largest absolute Gasteiger partial charge is 0.458 e. The van der Waals surface area contributed by atoms with E-state index in [1.165, 1.54) is 17.7 Å². The second-order valence-corrected chi connectivity index (χ2v) is 13.2. The van der Waals surface area contributed by atoms with E-state index in [1.807, 2.05) is 37.3 Å². The number of anilines is 2. The van der Waals surface area contributed by atoms with E-state index in [0.29, 0.717) is 18.4 Å². The number of aromatic nitrogens is 3. The third kappa shape index (κ3) is 10.4. The van der Waals surface area contributed by atoms with Crippen molar-refractivity contribution >= 4 is 29.4 Å². The molecule has 0 spiro atoms. The predicted molar refractivity (Wildman–Crippen MR) is 190 cm³/mol. The summed E-state index contributed by atoms with van der Waals surface area (Å²) in [5, 5.41) is 5.91. The van der Waals surface area contributed by atoms with Crippen LogP contribution >= 0.6 is 0 Å². The fourth-order valence-electron chi connectivity index (χ4n) is 5.63. The van der Waals surface area contributed by atoms with Crippen LogP contribution in [-0.2, 0) is 27.5 Å². The number of allylic oxidation sites excluding steroid dienone is 2. The molecule has 1 saturated heterocycles. The van der Waals surface area contributed by atoms with Crippen LogP contribution in [0.15, 0.2) is 65.9 Å². The number of aryl methyl sites for hydroxylation is 2. The molecular weight excluding hydrogens is 606 g/mol. The third-order valence-corrected chi connectivity index (χ3v) is 8.28. The molecular formula is C37H51N7O4. The van der Waals surface area contributed by atoms with Crippen LogP contribution in [0.3, 0.4) is 0 Å². The topological polar surface area (TPSA) is 123 Å². The maximum Gasteiger partial charge on any atom is 0.408 e. The van der Waals surface area contributed by atoms with Crippen molar-refractivity contribution in [3.63, 3.8) is 0 Å². The van der Waals surface area contributed by atoms with Gasteiger partial charge in [0.15, 0.2) is 0 Å². The lowest BCUT2D eigenvalue weighted by Gasteiger charge is -2.34. The molecule has 258 valence electrons. The van der Waals surface area contributed by atoms with Gasteiger partial charge in [0, 0.05) is 48.2 Å². The van der Waals surface area contributed by atoms with Gasteiger partial charge in [0.05, 0.1) is 0 Å². The average molecular weight is 658 g/mol. The molecule has 1 aromatic carbocycles. The molecule has 0 saturated carbocycles. The van der Waals surface area contributed by atoms with Crippen molar-refractivity contribution in [2.24, 2.45) is 10.9 Å². The van der Waals surface area contributed by atoms with Crippen LogP contribution in [0.25, 0.3) is 0 Å². The number of benzene rings is 1. The van der Waals surface area contributed by atoms with E-state index >= 15 is 0 Å². The van der Waals surface area contributed by atoms with Crippen molar-refractivity contribution in [3.8, 4) is 0 Å². The lowest BCUT2D eigenvalue weighted by Crippen LogP contribution is -2.48. The number of nitrogens with one attached hydrogen (secondary N) is 2. The number of alkyl carbamates (subject to hydrolysis) is 1. The average Bonchev–Trinajstić information content (AvgIpc) is 3.38. The van der Waals surface area contributed by atoms with Crippen molar-refractivity contribution in [3.05, 3.63) is 83.5 Å². The molecule has 0 aliphatic carbocycles. The highest BCUT2D eigenvalue weighted by atomic mass is 16.6. The first-order valence-corrected chi connectivity index (χ1v) is 16.8. The van der Waals surface area contributed by atoms with E-state index in [4.69, 9.17) is 14.5 Å². The third-order valence-electron chi connectivity index (χ3n) is 8.28. The van der Waals surface area contributed by atoms with Crippen molar-refractivity contribution in [2.75, 3.05) is 29.9 Å². The number of esters is 1. The number of aliphatic imine (C=N–C) groups is 1. The lowest BCUT2D eigenvalue weighted by molar-refractivity contribution is -0.156. The van der Waals surface area contributed by atoms with Gasteiger partial charge >= 0.3 is 12.1 Å². The molecule has 4 rings (SSSR count). The van der Waals surface area contributed by atoms with Crippen LogP contribution < -0.4 is 15.5 Å². The van der Waals surface area contributed by atoms with Crippen LogP contribution in [0, 0.1) is 26.7 Å². The first-order valence-electron chi connectivity index (χ1n) is 16.8. The zero-order chi connectivity index (χ0) is 34.7. The summed E-state index contributed by atoms with van der Waals surface area (Å²) >= 11 is 0. The van der Waals surface area contributed by atoms with Gasteiger partial charge in [0.25, 0.3) is 0 Å². The molecule has 1 fully saturated rings. The molecule has 0 bridgehead atoms. The first kappa shape index (κ1) is 36.2. The summed E-state index contributed by atoms with van der Waals surface area (Å²) in [5.41, 5.74) is 4.55.